The van der Waals surface area contributed by atoms with E-state index in [0.29, 0.717) is 18.3 Å². The first-order valence-electron chi connectivity index (χ1n) is 4.99. The Morgan fingerprint density at radius 2 is 2.40 bits per heavy atom. The molecule has 0 saturated heterocycles. The van der Waals surface area contributed by atoms with E-state index in [0.717, 1.165) is 17.3 Å². The fourth-order valence-corrected chi connectivity index (χ4v) is 1.98. The fraction of sp³-hybridized carbons (Fsp3) is 0.500. The lowest BCUT2D eigenvalue weighted by atomic mass is 10.4. The molecule has 2 rings (SSSR count). The van der Waals surface area contributed by atoms with Gasteiger partial charge in [-0.05, 0) is 34.8 Å². The first kappa shape index (κ1) is 10.7. The zero-order chi connectivity index (χ0) is 10.8. The quantitative estimate of drug-likeness (QED) is 0.869. The molecule has 82 valence electrons. The van der Waals surface area contributed by atoms with Crippen molar-refractivity contribution in [1.29, 1.82) is 0 Å². The van der Waals surface area contributed by atoms with Gasteiger partial charge in [0.2, 0.25) is 0 Å². The van der Waals surface area contributed by atoms with Crippen LogP contribution in [0.4, 0.5) is 0 Å². The van der Waals surface area contributed by atoms with E-state index in [2.05, 4.69) is 21.2 Å². The maximum absolute atomic E-state index is 11.7. The molecule has 1 amide bonds. The lowest BCUT2D eigenvalue weighted by Gasteiger charge is -2.07. The Hall–Kier alpha value is -0.810. The standard InChI is InChI=1S/C10H13BrN2O2/c11-7-5-9(10(15)12-3-4-14)13(6-7)8-1-2-8/h5-6,8,14H,1-4H2,(H,12,15). The molecule has 0 aromatic carbocycles. The van der Waals surface area contributed by atoms with Crippen molar-refractivity contribution in [1.82, 2.24) is 9.88 Å². The summed E-state index contributed by atoms with van der Waals surface area (Å²) in [4.78, 5) is 11.7. The molecule has 1 fully saturated rings. The Balaban J connectivity index is 2.14. The SMILES string of the molecule is O=C(NCCO)c1cc(Br)cn1C1CC1. The van der Waals surface area contributed by atoms with Gasteiger partial charge in [0.25, 0.3) is 5.91 Å². The van der Waals surface area contributed by atoms with Crippen molar-refractivity contribution in [3.8, 4) is 0 Å². The van der Waals surface area contributed by atoms with Gasteiger partial charge in [-0.3, -0.25) is 4.79 Å². The molecule has 4 nitrogen and oxygen atoms in total. The van der Waals surface area contributed by atoms with Gasteiger partial charge in [-0.15, -0.1) is 0 Å². The summed E-state index contributed by atoms with van der Waals surface area (Å²) in [6.45, 7) is 0.267. The van der Waals surface area contributed by atoms with E-state index in [4.69, 9.17) is 5.11 Å². The Kier molecular flexibility index (Phi) is 3.11. The van der Waals surface area contributed by atoms with Gasteiger partial charge >= 0.3 is 0 Å². The van der Waals surface area contributed by atoms with E-state index in [1.807, 2.05) is 16.8 Å². The van der Waals surface area contributed by atoms with E-state index < -0.39 is 0 Å². The molecule has 1 aromatic rings. The van der Waals surface area contributed by atoms with Crippen LogP contribution < -0.4 is 5.32 Å². The van der Waals surface area contributed by atoms with Gasteiger partial charge in [0.15, 0.2) is 0 Å². The highest BCUT2D eigenvalue weighted by Gasteiger charge is 2.27. The summed E-state index contributed by atoms with van der Waals surface area (Å²) in [5.74, 6) is -0.123. The minimum Gasteiger partial charge on any atom is -0.395 e. The summed E-state index contributed by atoms with van der Waals surface area (Å²) in [7, 11) is 0. The number of amides is 1. The van der Waals surface area contributed by atoms with Gasteiger partial charge in [-0.25, -0.2) is 0 Å². The summed E-state index contributed by atoms with van der Waals surface area (Å²) in [6.07, 6.45) is 4.22. The predicted molar refractivity (Wildman–Crippen MR) is 59.8 cm³/mol. The van der Waals surface area contributed by atoms with Crippen LogP contribution >= 0.6 is 15.9 Å². The number of nitrogens with one attached hydrogen (secondary N) is 1. The van der Waals surface area contributed by atoms with E-state index >= 15 is 0 Å². The van der Waals surface area contributed by atoms with Gasteiger partial charge in [0.05, 0.1) is 6.61 Å². The van der Waals surface area contributed by atoms with Crippen LogP contribution in [0.5, 0.6) is 0 Å². The molecule has 1 aromatic heterocycles. The number of aromatic nitrogens is 1. The number of halogens is 1. The molecule has 0 aliphatic heterocycles. The second-order valence-electron chi connectivity index (χ2n) is 3.66. The average molecular weight is 273 g/mol. The zero-order valence-electron chi connectivity index (χ0n) is 8.24. The monoisotopic (exact) mass is 272 g/mol. The Morgan fingerprint density at radius 1 is 1.67 bits per heavy atom. The Labute approximate surface area is 96.4 Å². The summed E-state index contributed by atoms with van der Waals surface area (Å²) in [5.41, 5.74) is 0.665. The number of carbonyl (C=O) groups is 1. The molecule has 5 heteroatoms. The minimum atomic E-state index is -0.123. The number of hydrogen-bond acceptors (Lipinski definition) is 2. The van der Waals surface area contributed by atoms with Crippen LogP contribution in [-0.2, 0) is 0 Å². The van der Waals surface area contributed by atoms with Gasteiger partial charge < -0.3 is 15.0 Å². The van der Waals surface area contributed by atoms with Crippen LogP contribution in [0.25, 0.3) is 0 Å². The van der Waals surface area contributed by atoms with E-state index in [9.17, 15) is 4.79 Å². The van der Waals surface area contributed by atoms with Gasteiger partial charge in [-0.2, -0.15) is 0 Å². The summed E-state index contributed by atoms with van der Waals surface area (Å²) in [5, 5.41) is 11.3. The maximum Gasteiger partial charge on any atom is 0.268 e. The number of aliphatic hydroxyl groups is 1. The van der Waals surface area contributed by atoms with Crippen LogP contribution in [0.2, 0.25) is 0 Å². The topological polar surface area (TPSA) is 54.3 Å². The van der Waals surface area contributed by atoms with Crippen LogP contribution in [0.1, 0.15) is 29.4 Å². The summed E-state index contributed by atoms with van der Waals surface area (Å²) >= 11 is 3.37. The molecule has 1 aliphatic rings. The maximum atomic E-state index is 11.7. The second-order valence-corrected chi connectivity index (χ2v) is 4.58. The van der Waals surface area contributed by atoms with Crippen molar-refractivity contribution in [2.24, 2.45) is 0 Å². The lowest BCUT2D eigenvalue weighted by molar-refractivity contribution is 0.0935. The third kappa shape index (κ3) is 2.41. The predicted octanol–water partition coefficient (Wildman–Crippen LogP) is 1.31. The van der Waals surface area contributed by atoms with Gasteiger partial charge in [0.1, 0.15) is 5.69 Å². The molecule has 0 radical (unpaired) electrons. The van der Waals surface area contributed by atoms with Crippen molar-refractivity contribution >= 4 is 21.8 Å². The lowest BCUT2D eigenvalue weighted by Crippen LogP contribution is -2.28. The van der Waals surface area contributed by atoms with Crippen molar-refractivity contribution in [2.45, 2.75) is 18.9 Å². The molecule has 0 spiro atoms. The molecule has 1 saturated carbocycles. The van der Waals surface area contributed by atoms with Crippen LogP contribution in [-0.4, -0.2) is 28.7 Å². The van der Waals surface area contributed by atoms with E-state index in [1.165, 1.54) is 0 Å². The molecular formula is C10H13BrN2O2. The highest BCUT2D eigenvalue weighted by molar-refractivity contribution is 9.10. The van der Waals surface area contributed by atoms with Crippen LogP contribution in [0.3, 0.4) is 0 Å². The minimum absolute atomic E-state index is 0.0307. The van der Waals surface area contributed by atoms with Crippen LogP contribution in [0.15, 0.2) is 16.7 Å². The molecule has 1 heterocycles. The third-order valence-corrected chi connectivity index (χ3v) is 2.82. The highest BCUT2D eigenvalue weighted by atomic mass is 79.9. The first-order valence-corrected chi connectivity index (χ1v) is 5.78. The molecule has 0 unspecified atom stereocenters. The zero-order valence-corrected chi connectivity index (χ0v) is 9.83. The Bertz CT molecular complexity index is 371. The van der Waals surface area contributed by atoms with E-state index in [-0.39, 0.29) is 12.5 Å². The third-order valence-electron chi connectivity index (χ3n) is 2.39. The molecule has 1 aliphatic carbocycles. The largest absolute Gasteiger partial charge is 0.395 e. The van der Waals surface area contributed by atoms with Crippen molar-refractivity contribution in [3.05, 3.63) is 22.4 Å². The van der Waals surface area contributed by atoms with Gasteiger partial charge in [0, 0.05) is 23.3 Å². The van der Waals surface area contributed by atoms with Crippen molar-refractivity contribution in [3.63, 3.8) is 0 Å². The fourth-order valence-electron chi connectivity index (χ4n) is 1.54. The average Bonchev–Trinajstić information content (AvgIpc) is 2.98. The van der Waals surface area contributed by atoms with Crippen LogP contribution in [0, 0.1) is 0 Å². The number of hydrogen-bond donors (Lipinski definition) is 2. The number of carbonyl (C=O) groups excluding carboxylic acids is 1. The second kappa shape index (κ2) is 4.37. The molecule has 15 heavy (non-hydrogen) atoms. The molecule has 2 N–H and O–H groups in total. The first-order chi connectivity index (χ1) is 7.22. The molecule has 0 bridgehead atoms. The normalized spacial score (nSPS) is 15.3. The van der Waals surface area contributed by atoms with Crippen molar-refractivity contribution in [2.75, 3.05) is 13.2 Å². The highest BCUT2D eigenvalue weighted by Crippen LogP contribution is 2.37. The number of rotatable bonds is 4. The molecule has 0 atom stereocenters. The summed E-state index contributed by atoms with van der Waals surface area (Å²) < 4.78 is 2.92. The summed E-state index contributed by atoms with van der Waals surface area (Å²) in [6, 6.07) is 2.29. The van der Waals surface area contributed by atoms with Gasteiger partial charge in [-0.1, -0.05) is 0 Å². The van der Waals surface area contributed by atoms with Crippen molar-refractivity contribution < 1.29 is 9.90 Å². The smallest absolute Gasteiger partial charge is 0.268 e. The number of aliphatic hydroxyl groups excluding tert-OH is 1. The number of nitrogens with zero attached hydrogens (tertiary/aromatic N) is 1. The van der Waals surface area contributed by atoms with E-state index in [1.54, 1.807) is 0 Å². The Morgan fingerprint density at radius 3 is 3.00 bits per heavy atom. The molecular weight excluding hydrogens is 260 g/mol.